The minimum atomic E-state index is 0.101. The van der Waals surface area contributed by atoms with Gasteiger partial charge in [-0.1, -0.05) is 24.3 Å². The van der Waals surface area contributed by atoms with E-state index in [1.54, 1.807) is 0 Å². The maximum Gasteiger partial charge on any atom is 0.0741 e. The fourth-order valence-electron chi connectivity index (χ4n) is 2.90. The van der Waals surface area contributed by atoms with Crippen molar-refractivity contribution in [1.82, 2.24) is 9.47 Å². The van der Waals surface area contributed by atoms with Crippen molar-refractivity contribution in [3.8, 4) is 0 Å². The van der Waals surface area contributed by atoms with Crippen molar-refractivity contribution in [2.24, 2.45) is 7.05 Å². The van der Waals surface area contributed by atoms with Gasteiger partial charge in [-0.25, -0.2) is 0 Å². The van der Waals surface area contributed by atoms with Crippen molar-refractivity contribution in [1.29, 1.82) is 0 Å². The van der Waals surface area contributed by atoms with Gasteiger partial charge in [0.1, 0.15) is 0 Å². The third-order valence-electron chi connectivity index (χ3n) is 4.16. The maximum atomic E-state index is 9.12. The summed E-state index contributed by atoms with van der Waals surface area (Å²) < 4.78 is 7.85. The molecular formula is C17H22N2O2. The first kappa shape index (κ1) is 14.3. The number of aryl methyl sites for hydroxylation is 1. The Morgan fingerprint density at radius 1 is 1.19 bits per heavy atom. The van der Waals surface area contributed by atoms with Crippen LogP contribution in [0.5, 0.6) is 0 Å². The molecule has 0 radical (unpaired) electrons. The molecule has 112 valence electrons. The Balaban J connectivity index is 1.76. The normalized spacial score (nSPS) is 19.8. The van der Waals surface area contributed by atoms with Gasteiger partial charge in [0, 0.05) is 32.0 Å². The molecule has 1 aliphatic heterocycles. The van der Waals surface area contributed by atoms with Crippen LogP contribution in [0.2, 0.25) is 0 Å². The highest BCUT2D eigenvalue weighted by atomic mass is 16.5. The Labute approximate surface area is 125 Å². The van der Waals surface area contributed by atoms with Crippen molar-refractivity contribution >= 4 is 0 Å². The van der Waals surface area contributed by atoms with Crippen LogP contribution in [0.1, 0.15) is 22.9 Å². The minimum absolute atomic E-state index is 0.101. The number of morpholine rings is 1. The van der Waals surface area contributed by atoms with Gasteiger partial charge in [0.15, 0.2) is 0 Å². The first-order chi connectivity index (χ1) is 10.3. The predicted octanol–water partition coefficient (Wildman–Crippen LogP) is 2.09. The average molecular weight is 286 g/mol. The molecule has 3 rings (SSSR count). The molecule has 1 N–H and O–H groups in total. The van der Waals surface area contributed by atoms with Crippen LogP contribution in [0.4, 0.5) is 0 Å². The zero-order chi connectivity index (χ0) is 14.7. The number of hydrogen-bond donors (Lipinski definition) is 1. The first-order valence-electron chi connectivity index (χ1n) is 7.39. The summed E-state index contributed by atoms with van der Waals surface area (Å²) in [5, 5.41) is 9.12. The lowest BCUT2D eigenvalue weighted by atomic mass is 10.1. The second-order valence-corrected chi connectivity index (χ2v) is 5.58. The molecule has 4 nitrogen and oxygen atoms in total. The number of aliphatic hydroxyl groups excluding tert-OH is 1. The smallest absolute Gasteiger partial charge is 0.0741 e. The van der Waals surface area contributed by atoms with Gasteiger partial charge in [-0.15, -0.1) is 0 Å². The second-order valence-electron chi connectivity index (χ2n) is 5.58. The first-order valence-corrected chi connectivity index (χ1v) is 7.39. The molecule has 0 amide bonds. The van der Waals surface area contributed by atoms with Crippen molar-refractivity contribution in [3.05, 3.63) is 59.4 Å². The molecule has 1 aliphatic rings. The molecule has 1 aromatic heterocycles. The van der Waals surface area contributed by atoms with Gasteiger partial charge in [0.25, 0.3) is 0 Å². The van der Waals surface area contributed by atoms with Crippen LogP contribution < -0.4 is 0 Å². The van der Waals surface area contributed by atoms with E-state index in [1.807, 2.05) is 12.1 Å². The highest BCUT2D eigenvalue weighted by Gasteiger charge is 2.26. The lowest BCUT2D eigenvalue weighted by molar-refractivity contribution is -0.0152. The van der Waals surface area contributed by atoms with E-state index in [0.29, 0.717) is 6.04 Å². The monoisotopic (exact) mass is 286 g/mol. The third-order valence-corrected chi connectivity index (χ3v) is 4.16. The van der Waals surface area contributed by atoms with Gasteiger partial charge < -0.3 is 14.4 Å². The van der Waals surface area contributed by atoms with Crippen molar-refractivity contribution in [2.45, 2.75) is 19.2 Å². The number of ether oxygens (including phenoxy) is 1. The van der Waals surface area contributed by atoms with E-state index < -0.39 is 0 Å². The molecule has 2 heterocycles. The van der Waals surface area contributed by atoms with Crippen LogP contribution in [0.3, 0.4) is 0 Å². The molecule has 1 atom stereocenters. The Bertz CT molecular complexity index is 577. The highest BCUT2D eigenvalue weighted by Crippen LogP contribution is 2.26. The molecular weight excluding hydrogens is 264 g/mol. The van der Waals surface area contributed by atoms with E-state index >= 15 is 0 Å². The zero-order valence-electron chi connectivity index (χ0n) is 12.4. The van der Waals surface area contributed by atoms with E-state index in [4.69, 9.17) is 9.84 Å². The van der Waals surface area contributed by atoms with Crippen LogP contribution in [0.15, 0.2) is 42.6 Å². The van der Waals surface area contributed by atoms with E-state index in [0.717, 1.165) is 31.9 Å². The van der Waals surface area contributed by atoms with E-state index in [2.05, 4.69) is 47.0 Å². The summed E-state index contributed by atoms with van der Waals surface area (Å²) >= 11 is 0. The summed E-state index contributed by atoms with van der Waals surface area (Å²) in [5.41, 5.74) is 3.52. The third kappa shape index (κ3) is 3.18. The lowest BCUT2D eigenvalue weighted by Gasteiger charge is -2.36. The number of aliphatic hydroxyl groups is 1. The summed E-state index contributed by atoms with van der Waals surface area (Å²) in [6.45, 7) is 3.48. The molecule has 4 heteroatoms. The summed E-state index contributed by atoms with van der Waals surface area (Å²) in [4.78, 5) is 2.47. The average Bonchev–Trinajstić information content (AvgIpc) is 2.95. The quantitative estimate of drug-likeness (QED) is 0.935. The van der Waals surface area contributed by atoms with Gasteiger partial charge in [-0.3, -0.25) is 4.90 Å². The predicted molar refractivity (Wildman–Crippen MR) is 81.7 cm³/mol. The number of aromatic nitrogens is 1. The van der Waals surface area contributed by atoms with Crippen molar-refractivity contribution in [2.75, 3.05) is 19.8 Å². The van der Waals surface area contributed by atoms with E-state index in [9.17, 15) is 0 Å². The molecule has 1 unspecified atom stereocenters. The topological polar surface area (TPSA) is 37.6 Å². The van der Waals surface area contributed by atoms with Crippen LogP contribution in [0, 0.1) is 0 Å². The van der Waals surface area contributed by atoms with Crippen LogP contribution in [0.25, 0.3) is 0 Å². The van der Waals surface area contributed by atoms with Crippen molar-refractivity contribution < 1.29 is 9.84 Å². The molecule has 0 spiro atoms. The molecule has 1 saturated heterocycles. The number of nitrogens with zero attached hydrogens (tertiary/aromatic N) is 2. The van der Waals surface area contributed by atoms with Crippen LogP contribution in [-0.4, -0.2) is 34.3 Å². The Hall–Kier alpha value is -1.62. The summed E-state index contributed by atoms with van der Waals surface area (Å²) in [7, 11) is 2.08. The molecule has 0 saturated carbocycles. The largest absolute Gasteiger partial charge is 0.392 e. The summed E-state index contributed by atoms with van der Waals surface area (Å²) in [6.07, 6.45) is 2.08. The Morgan fingerprint density at radius 2 is 1.95 bits per heavy atom. The van der Waals surface area contributed by atoms with Gasteiger partial charge in [0.2, 0.25) is 0 Å². The second kappa shape index (κ2) is 6.43. The van der Waals surface area contributed by atoms with Gasteiger partial charge >= 0.3 is 0 Å². The van der Waals surface area contributed by atoms with Crippen molar-refractivity contribution in [3.63, 3.8) is 0 Å². The minimum Gasteiger partial charge on any atom is -0.392 e. The van der Waals surface area contributed by atoms with E-state index in [1.165, 1.54) is 11.3 Å². The Kier molecular flexibility index (Phi) is 4.39. The molecule has 1 fully saturated rings. The van der Waals surface area contributed by atoms with E-state index in [-0.39, 0.29) is 6.61 Å². The lowest BCUT2D eigenvalue weighted by Crippen LogP contribution is -2.39. The maximum absolute atomic E-state index is 9.12. The molecule has 1 aromatic carbocycles. The van der Waals surface area contributed by atoms with Crippen LogP contribution in [-0.2, 0) is 24.9 Å². The SMILES string of the molecule is Cn1cccc1C1COCCN1Cc1ccc(CO)cc1. The highest BCUT2D eigenvalue weighted by molar-refractivity contribution is 5.22. The zero-order valence-corrected chi connectivity index (χ0v) is 12.4. The van der Waals surface area contributed by atoms with Crippen LogP contribution >= 0.6 is 0 Å². The standard InChI is InChI=1S/C17H22N2O2/c1-18-8-2-3-16(18)17-13-21-10-9-19(17)11-14-4-6-15(12-20)7-5-14/h2-8,17,20H,9-13H2,1H3. The van der Waals surface area contributed by atoms with Gasteiger partial charge in [0.05, 0.1) is 25.9 Å². The molecule has 21 heavy (non-hydrogen) atoms. The molecule has 0 bridgehead atoms. The molecule has 0 aliphatic carbocycles. The fraction of sp³-hybridized carbons (Fsp3) is 0.412. The summed E-state index contributed by atoms with van der Waals surface area (Å²) in [6, 6.07) is 12.7. The van der Waals surface area contributed by atoms with Gasteiger partial charge in [-0.05, 0) is 23.3 Å². The number of hydrogen-bond acceptors (Lipinski definition) is 3. The number of benzene rings is 1. The van der Waals surface area contributed by atoms with Gasteiger partial charge in [-0.2, -0.15) is 0 Å². The molecule has 2 aromatic rings. The summed E-state index contributed by atoms with van der Waals surface area (Å²) in [5.74, 6) is 0. The Morgan fingerprint density at radius 3 is 2.62 bits per heavy atom. The number of rotatable bonds is 4. The fourth-order valence-corrected chi connectivity index (χ4v) is 2.90.